The van der Waals surface area contributed by atoms with E-state index >= 15 is 0 Å². The number of halogens is 1. The first-order chi connectivity index (χ1) is 9.40. The molecule has 1 aliphatic carbocycles. The maximum absolute atomic E-state index is 12.6. The number of carbonyl (C=O) groups is 1. The van der Waals surface area contributed by atoms with E-state index in [4.69, 9.17) is 5.73 Å². The van der Waals surface area contributed by atoms with Gasteiger partial charge in [0.2, 0.25) is 5.91 Å². The monoisotopic (exact) mass is 338 g/mol. The van der Waals surface area contributed by atoms with Crippen LogP contribution in [0.1, 0.15) is 38.2 Å². The largest absolute Gasteiger partial charge is 0.341 e. The molecule has 0 aromatic heterocycles. The fourth-order valence-corrected chi connectivity index (χ4v) is 3.24. The van der Waals surface area contributed by atoms with Crippen molar-refractivity contribution in [3.8, 4) is 0 Å². The van der Waals surface area contributed by atoms with E-state index in [2.05, 4.69) is 15.9 Å². The highest BCUT2D eigenvalue weighted by Crippen LogP contribution is 2.33. The number of rotatable bonds is 3. The van der Waals surface area contributed by atoms with E-state index in [0.29, 0.717) is 6.54 Å². The predicted octanol–water partition coefficient (Wildman–Crippen LogP) is 3.32. The first kappa shape index (κ1) is 15.5. The van der Waals surface area contributed by atoms with Gasteiger partial charge >= 0.3 is 0 Å². The molecule has 1 fully saturated rings. The fraction of sp³-hybridized carbons (Fsp3) is 0.562. The summed E-state index contributed by atoms with van der Waals surface area (Å²) in [7, 11) is 1.87. The minimum atomic E-state index is -0.358. The Hall–Kier alpha value is -0.870. The Morgan fingerprint density at radius 2 is 2.05 bits per heavy atom. The number of hydrogen-bond acceptors (Lipinski definition) is 2. The highest BCUT2D eigenvalue weighted by molar-refractivity contribution is 9.10. The second kappa shape index (κ2) is 6.27. The third-order valence-corrected chi connectivity index (χ3v) is 4.79. The van der Waals surface area contributed by atoms with Crippen LogP contribution in [0, 0.1) is 5.92 Å². The molecule has 0 heterocycles. The van der Waals surface area contributed by atoms with Gasteiger partial charge < -0.3 is 10.6 Å². The first-order valence-corrected chi connectivity index (χ1v) is 7.98. The van der Waals surface area contributed by atoms with Crippen molar-refractivity contribution in [1.82, 2.24) is 4.90 Å². The summed E-state index contributed by atoms with van der Waals surface area (Å²) in [6, 6.07) is 8.08. The van der Waals surface area contributed by atoms with Gasteiger partial charge in [-0.2, -0.15) is 0 Å². The van der Waals surface area contributed by atoms with Gasteiger partial charge in [-0.15, -0.1) is 0 Å². The average molecular weight is 339 g/mol. The molecule has 2 atom stereocenters. The molecule has 0 radical (unpaired) electrons. The van der Waals surface area contributed by atoms with Crippen molar-refractivity contribution < 1.29 is 4.79 Å². The maximum Gasteiger partial charge on any atom is 0.227 e. The third-order valence-electron chi connectivity index (χ3n) is 4.26. The Bertz CT molecular complexity index is 470. The Morgan fingerprint density at radius 1 is 1.40 bits per heavy atom. The summed E-state index contributed by atoms with van der Waals surface area (Å²) in [5.74, 6) is 0.134. The highest BCUT2D eigenvalue weighted by Gasteiger charge is 2.38. The number of nitrogens with zero attached hydrogens (tertiary/aromatic N) is 1. The Labute approximate surface area is 129 Å². The van der Waals surface area contributed by atoms with Crippen LogP contribution in [-0.4, -0.2) is 23.4 Å². The number of nitrogens with two attached hydrogens (primary N) is 1. The van der Waals surface area contributed by atoms with Crippen LogP contribution >= 0.6 is 15.9 Å². The van der Waals surface area contributed by atoms with Gasteiger partial charge in [0, 0.05) is 23.6 Å². The molecule has 3 nitrogen and oxygen atoms in total. The molecule has 2 unspecified atom stereocenters. The van der Waals surface area contributed by atoms with Crippen LogP contribution in [0.3, 0.4) is 0 Å². The van der Waals surface area contributed by atoms with E-state index in [1.165, 1.54) is 0 Å². The molecule has 0 saturated heterocycles. The lowest BCUT2D eigenvalue weighted by molar-refractivity contribution is -0.138. The standard InChI is InChI=1S/C16H23BrN2O/c1-16(18)10-4-3-5-14(16)15(20)19(2)11-12-6-8-13(17)9-7-12/h6-9,14H,3-5,10-11,18H2,1-2H3. The smallest absolute Gasteiger partial charge is 0.227 e. The van der Waals surface area contributed by atoms with Gasteiger partial charge in [-0.3, -0.25) is 4.79 Å². The molecule has 0 aliphatic heterocycles. The highest BCUT2D eigenvalue weighted by atomic mass is 79.9. The lowest BCUT2D eigenvalue weighted by Gasteiger charge is -2.39. The molecule has 20 heavy (non-hydrogen) atoms. The molecular formula is C16H23BrN2O. The fourth-order valence-electron chi connectivity index (χ4n) is 2.97. The van der Waals surface area contributed by atoms with Crippen molar-refractivity contribution in [1.29, 1.82) is 0 Å². The predicted molar refractivity (Wildman–Crippen MR) is 85.2 cm³/mol. The zero-order chi connectivity index (χ0) is 14.8. The summed E-state index contributed by atoms with van der Waals surface area (Å²) < 4.78 is 1.05. The molecule has 1 aromatic rings. The Balaban J connectivity index is 2.02. The van der Waals surface area contributed by atoms with E-state index in [0.717, 1.165) is 35.7 Å². The van der Waals surface area contributed by atoms with E-state index in [9.17, 15) is 4.79 Å². The summed E-state index contributed by atoms with van der Waals surface area (Å²) in [6.45, 7) is 2.65. The summed E-state index contributed by atoms with van der Waals surface area (Å²) in [5, 5.41) is 0. The van der Waals surface area contributed by atoms with Gasteiger partial charge in [0.15, 0.2) is 0 Å². The SMILES string of the molecule is CN(Cc1ccc(Br)cc1)C(=O)C1CCCCC1(C)N. The first-order valence-electron chi connectivity index (χ1n) is 7.18. The Kier molecular flexibility index (Phi) is 4.86. The third kappa shape index (κ3) is 3.61. The summed E-state index contributed by atoms with van der Waals surface area (Å²) in [5.41, 5.74) is 7.10. The van der Waals surface area contributed by atoms with Crippen LogP contribution < -0.4 is 5.73 Å². The number of benzene rings is 1. The van der Waals surface area contributed by atoms with Crippen molar-refractivity contribution >= 4 is 21.8 Å². The molecule has 4 heteroatoms. The van der Waals surface area contributed by atoms with Crippen molar-refractivity contribution in [3.05, 3.63) is 34.3 Å². The minimum absolute atomic E-state index is 0.0447. The zero-order valence-electron chi connectivity index (χ0n) is 12.2. The van der Waals surface area contributed by atoms with Crippen molar-refractivity contribution in [2.45, 2.75) is 44.7 Å². The van der Waals surface area contributed by atoms with Gasteiger partial charge in [0.05, 0.1) is 5.92 Å². The van der Waals surface area contributed by atoms with E-state index in [1.807, 2.05) is 43.1 Å². The second-order valence-electron chi connectivity index (χ2n) is 6.12. The summed E-state index contributed by atoms with van der Waals surface area (Å²) >= 11 is 3.42. The summed E-state index contributed by atoms with van der Waals surface area (Å²) in [6.07, 6.45) is 4.09. The molecular weight excluding hydrogens is 316 g/mol. The van der Waals surface area contributed by atoms with Crippen LogP contribution in [-0.2, 0) is 11.3 Å². The van der Waals surface area contributed by atoms with E-state index in [1.54, 1.807) is 0 Å². The molecule has 1 amide bonds. The van der Waals surface area contributed by atoms with Crippen molar-refractivity contribution in [2.24, 2.45) is 11.7 Å². The van der Waals surface area contributed by atoms with Gasteiger partial charge in [0.1, 0.15) is 0 Å². The van der Waals surface area contributed by atoms with Gasteiger partial charge in [-0.25, -0.2) is 0 Å². The van der Waals surface area contributed by atoms with E-state index in [-0.39, 0.29) is 17.4 Å². The molecule has 2 N–H and O–H groups in total. The lowest BCUT2D eigenvalue weighted by atomic mass is 9.74. The zero-order valence-corrected chi connectivity index (χ0v) is 13.8. The van der Waals surface area contributed by atoms with Crippen LogP contribution in [0.5, 0.6) is 0 Å². The van der Waals surface area contributed by atoms with Gasteiger partial charge in [-0.05, 0) is 37.5 Å². The molecule has 0 spiro atoms. The average Bonchev–Trinajstić information content (AvgIpc) is 2.40. The van der Waals surface area contributed by atoms with Gasteiger partial charge in [-0.1, -0.05) is 40.9 Å². The van der Waals surface area contributed by atoms with Crippen LogP contribution in [0.2, 0.25) is 0 Å². The molecule has 2 rings (SSSR count). The van der Waals surface area contributed by atoms with Crippen LogP contribution in [0.4, 0.5) is 0 Å². The minimum Gasteiger partial charge on any atom is -0.341 e. The maximum atomic E-state index is 12.6. The van der Waals surface area contributed by atoms with Crippen LogP contribution in [0.15, 0.2) is 28.7 Å². The van der Waals surface area contributed by atoms with Gasteiger partial charge in [0.25, 0.3) is 0 Å². The molecule has 0 bridgehead atoms. The normalized spacial score (nSPS) is 26.3. The molecule has 110 valence electrons. The molecule has 1 saturated carbocycles. The quantitative estimate of drug-likeness (QED) is 0.918. The van der Waals surface area contributed by atoms with Crippen LogP contribution in [0.25, 0.3) is 0 Å². The summed E-state index contributed by atoms with van der Waals surface area (Å²) in [4.78, 5) is 14.4. The van der Waals surface area contributed by atoms with E-state index < -0.39 is 0 Å². The molecule has 1 aromatic carbocycles. The molecule has 1 aliphatic rings. The topological polar surface area (TPSA) is 46.3 Å². The Morgan fingerprint density at radius 3 is 2.65 bits per heavy atom. The number of amides is 1. The van der Waals surface area contributed by atoms with Crippen molar-refractivity contribution in [3.63, 3.8) is 0 Å². The van der Waals surface area contributed by atoms with Crippen molar-refractivity contribution in [2.75, 3.05) is 7.05 Å². The lowest BCUT2D eigenvalue weighted by Crippen LogP contribution is -2.53. The number of hydrogen-bond donors (Lipinski definition) is 1. The number of carbonyl (C=O) groups excluding carboxylic acids is 1. The second-order valence-corrected chi connectivity index (χ2v) is 7.04.